The van der Waals surface area contributed by atoms with Gasteiger partial charge in [-0.1, -0.05) is 13.0 Å². The second kappa shape index (κ2) is 9.25. The minimum atomic E-state index is -2.69. The first-order valence-corrected chi connectivity index (χ1v) is 10.1. The number of halogens is 2. The monoisotopic (exact) mass is 448 g/mol. The minimum Gasteiger partial charge on any atom is -0.760 e. The lowest BCUT2D eigenvalue weighted by Gasteiger charge is -2.20. The molecule has 0 bridgehead atoms. The third kappa shape index (κ3) is 4.74. The van der Waals surface area contributed by atoms with Gasteiger partial charge in [-0.15, -0.1) is 0 Å². The van der Waals surface area contributed by atoms with Crippen molar-refractivity contribution in [2.75, 3.05) is 0 Å². The van der Waals surface area contributed by atoms with Gasteiger partial charge in [0.15, 0.2) is 0 Å². The number of pyridine rings is 1. The third-order valence-corrected chi connectivity index (χ3v) is 5.06. The van der Waals surface area contributed by atoms with Crippen LogP contribution in [0.25, 0.3) is 17.1 Å². The van der Waals surface area contributed by atoms with Crippen LogP contribution in [0.1, 0.15) is 46.4 Å². The smallest absolute Gasteiger partial charge is 0.328 e. The van der Waals surface area contributed by atoms with Crippen LogP contribution in [-0.2, 0) is 16.1 Å². The van der Waals surface area contributed by atoms with Crippen LogP contribution in [0.15, 0.2) is 36.7 Å². The Hall–Kier alpha value is -3.28. The number of carboxylic acids is 1. The highest BCUT2D eigenvalue weighted by molar-refractivity contribution is 7.77. The molecule has 2 aromatic heterocycles. The van der Waals surface area contributed by atoms with Crippen LogP contribution in [-0.4, -0.2) is 35.6 Å². The van der Waals surface area contributed by atoms with Gasteiger partial charge in [0.2, 0.25) is 5.78 Å². The van der Waals surface area contributed by atoms with E-state index in [1.165, 1.54) is 24.5 Å². The first-order chi connectivity index (χ1) is 14.7. The van der Waals surface area contributed by atoms with Gasteiger partial charge in [0.1, 0.15) is 17.3 Å². The van der Waals surface area contributed by atoms with Crippen molar-refractivity contribution in [2.24, 2.45) is 0 Å². The molecule has 3 N–H and O–H groups in total. The van der Waals surface area contributed by atoms with Crippen molar-refractivity contribution >= 4 is 40.1 Å². The number of hydrogen-bond acceptors (Lipinski definition) is 5. The molecular formula is C20H16F2N3O5S-. The van der Waals surface area contributed by atoms with E-state index in [1.807, 2.05) is 0 Å². The minimum absolute atomic E-state index is 0.0727. The number of aromatic nitrogens is 2. The van der Waals surface area contributed by atoms with E-state index in [0.29, 0.717) is 5.56 Å². The van der Waals surface area contributed by atoms with E-state index >= 15 is 4.39 Å². The van der Waals surface area contributed by atoms with Gasteiger partial charge in [0.25, 0.3) is 0 Å². The number of H-pyrrole nitrogens is 1. The Labute approximate surface area is 177 Å². The fourth-order valence-corrected chi connectivity index (χ4v) is 3.66. The Bertz CT molecular complexity index is 1220. The second-order valence-electron chi connectivity index (χ2n) is 6.51. The molecule has 162 valence electrons. The molecule has 0 aliphatic heterocycles. The van der Waals surface area contributed by atoms with Gasteiger partial charge in [-0.2, -0.15) is 0 Å². The van der Waals surface area contributed by atoms with Gasteiger partial charge >= 0.3 is 5.97 Å². The first-order valence-electron chi connectivity index (χ1n) is 8.99. The molecule has 1 aromatic carbocycles. The number of nitrogens with zero attached hydrogens (tertiary/aromatic N) is 1. The Morgan fingerprint density at radius 1 is 1.39 bits per heavy atom. The fourth-order valence-electron chi connectivity index (χ4n) is 3.13. The number of aromatic amines is 1. The van der Waals surface area contributed by atoms with Gasteiger partial charge in [-0.25, -0.2) is 23.3 Å². The summed E-state index contributed by atoms with van der Waals surface area (Å²) in [5, 5.41) is 8.99. The molecule has 0 spiro atoms. The van der Waals surface area contributed by atoms with Crippen LogP contribution in [0.4, 0.5) is 8.78 Å². The van der Waals surface area contributed by atoms with E-state index in [4.69, 9.17) is 5.11 Å². The number of ketones is 1. The van der Waals surface area contributed by atoms with Crippen LogP contribution < -0.4 is 4.72 Å². The molecule has 8 nitrogen and oxygen atoms in total. The maximum atomic E-state index is 15.1. The van der Waals surface area contributed by atoms with Crippen LogP contribution >= 0.6 is 0 Å². The zero-order valence-corrected chi connectivity index (χ0v) is 16.8. The number of nitrogens with one attached hydrogen (secondary N) is 2. The van der Waals surface area contributed by atoms with Crippen LogP contribution in [0.5, 0.6) is 0 Å². The maximum absolute atomic E-state index is 15.1. The molecule has 2 heterocycles. The maximum Gasteiger partial charge on any atom is 0.328 e. The molecule has 3 aromatic rings. The van der Waals surface area contributed by atoms with E-state index in [-0.39, 0.29) is 28.6 Å². The summed E-state index contributed by atoms with van der Waals surface area (Å²) in [6, 6.07) is 2.46. The third-order valence-electron chi connectivity index (χ3n) is 4.59. The molecule has 0 saturated heterocycles. The van der Waals surface area contributed by atoms with Crippen molar-refractivity contribution in [3.63, 3.8) is 0 Å². The van der Waals surface area contributed by atoms with Gasteiger partial charge in [-0.05, 0) is 30.2 Å². The topological polar surface area (TPSA) is 135 Å². The summed E-state index contributed by atoms with van der Waals surface area (Å²) in [6.07, 6.45) is 4.93. The molecule has 11 heteroatoms. The van der Waals surface area contributed by atoms with E-state index < -0.39 is 46.3 Å². The molecule has 0 aliphatic rings. The average molecular weight is 448 g/mol. The molecule has 0 aliphatic carbocycles. The summed E-state index contributed by atoms with van der Waals surface area (Å²) in [4.78, 5) is 30.6. The predicted molar refractivity (Wildman–Crippen MR) is 108 cm³/mol. The highest BCUT2D eigenvalue weighted by Crippen LogP contribution is 2.29. The molecule has 0 amide bonds. The van der Waals surface area contributed by atoms with Crippen LogP contribution in [0.3, 0.4) is 0 Å². The van der Waals surface area contributed by atoms with Crippen molar-refractivity contribution < 1.29 is 32.2 Å². The fraction of sp³-hybridized carbons (Fsp3) is 0.150. The standard InChI is InChI=1S/C20H17F2N3O5S/c1-2-15(25-31(29)30)11-4-5-14(21)17(18(11)22)19(28)13-9-24-20-12(13)7-10(8-23-20)3-6-16(26)27/h3-9,15,25H,2H2,1H3,(H,23,24)(H,26,27)(H,29,30)/p-1. The number of carboxylic acid groups (broad SMARTS) is 1. The number of hydrogen-bond donors (Lipinski definition) is 3. The Kier molecular flexibility index (Phi) is 6.68. The zero-order valence-electron chi connectivity index (χ0n) is 16.0. The van der Waals surface area contributed by atoms with Gasteiger partial charge in [-0.3, -0.25) is 9.00 Å². The van der Waals surface area contributed by atoms with Crippen molar-refractivity contribution in [2.45, 2.75) is 19.4 Å². The largest absolute Gasteiger partial charge is 0.760 e. The van der Waals surface area contributed by atoms with Crippen molar-refractivity contribution in [1.29, 1.82) is 0 Å². The number of carbonyl (C=O) groups is 2. The first kappa shape index (κ1) is 22.4. The Morgan fingerprint density at radius 3 is 2.77 bits per heavy atom. The van der Waals surface area contributed by atoms with Gasteiger partial charge in [0, 0.05) is 52.3 Å². The van der Waals surface area contributed by atoms with E-state index in [2.05, 4.69) is 14.7 Å². The lowest BCUT2D eigenvalue weighted by molar-refractivity contribution is -0.131. The number of rotatable bonds is 8. The average Bonchev–Trinajstić information content (AvgIpc) is 3.14. The van der Waals surface area contributed by atoms with Crippen molar-refractivity contribution in [3.05, 3.63) is 70.6 Å². The lowest BCUT2D eigenvalue weighted by Crippen LogP contribution is -2.24. The van der Waals surface area contributed by atoms with Crippen LogP contribution in [0, 0.1) is 11.6 Å². The second-order valence-corrected chi connectivity index (χ2v) is 7.21. The number of aliphatic carboxylic acids is 1. The Morgan fingerprint density at radius 2 is 2.13 bits per heavy atom. The summed E-state index contributed by atoms with van der Waals surface area (Å²) in [7, 11) is 0. The summed E-state index contributed by atoms with van der Waals surface area (Å²) < 4.78 is 53.7. The van der Waals surface area contributed by atoms with E-state index in [0.717, 1.165) is 18.2 Å². The summed E-state index contributed by atoms with van der Waals surface area (Å²) in [5.74, 6) is -4.42. The normalized spacial score (nSPS) is 13.5. The van der Waals surface area contributed by atoms with Gasteiger partial charge in [0.05, 0.1) is 5.56 Å². The molecule has 2 unspecified atom stereocenters. The highest BCUT2D eigenvalue weighted by Gasteiger charge is 2.26. The zero-order chi connectivity index (χ0) is 22.7. The van der Waals surface area contributed by atoms with Crippen molar-refractivity contribution in [1.82, 2.24) is 14.7 Å². The summed E-state index contributed by atoms with van der Waals surface area (Å²) >= 11 is -2.69. The number of carbonyl (C=O) groups excluding carboxylic acids is 1. The van der Waals surface area contributed by atoms with E-state index in [1.54, 1.807) is 6.92 Å². The summed E-state index contributed by atoms with van der Waals surface area (Å²) in [5.41, 5.74) is -0.438. The van der Waals surface area contributed by atoms with E-state index in [9.17, 15) is 22.7 Å². The van der Waals surface area contributed by atoms with Crippen molar-refractivity contribution in [3.8, 4) is 0 Å². The lowest BCUT2D eigenvalue weighted by atomic mass is 9.96. The highest BCUT2D eigenvalue weighted by atomic mass is 32.2. The molecule has 2 atom stereocenters. The molecule has 0 saturated carbocycles. The van der Waals surface area contributed by atoms with Crippen LogP contribution in [0.2, 0.25) is 0 Å². The molecular weight excluding hydrogens is 432 g/mol. The molecule has 0 fully saturated rings. The quantitative estimate of drug-likeness (QED) is 0.275. The molecule has 0 radical (unpaired) electrons. The molecule has 3 rings (SSSR count). The SMILES string of the molecule is CCC(NS(=O)[O-])c1ccc(F)c(C(=O)c2c[nH]c3ncc(C=CC(=O)O)cc23)c1F. The number of fused-ring (bicyclic) bond motifs is 1. The van der Waals surface area contributed by atoms with Gasteiger partial charge < -0.3 is 14.6 Å². The number of benzene rings is 1. The summed E-state index contributed by atoms with van der Waals surface area (Å²) in [6.45, 7) is 1.60. The molecule has 31 heavy (non-hydrogen) atoms. The predicted octanol–water partition coefficient (Wildman–Crippen LogP) is 3.00. The Balaban J connectivity index is 2.09.